The number of rotatable bonds is 7. The molecular formula is C49H34FN. The first kappa shape index (κ1) is 30.5. The number of para-hydroxylation sites is 2. The molecule has 0 radical (unpaired) electrons. The van der Waals surface area contributed by atoms with Crippen LogP contribution in [0.5, 0.6) is 0 Å². The van der Waals surface area contributed by atoms with E-state index < -0.39 is 0 Å². The maximum atomic E-state index is 13.6. The lowest BCUT2D eigenvalue weighted by Gasteiger charge is -2.20. The van der Waals surface area contributed by atoms with Crippen molar-refractivity contribution >= 4 is 21.8 Å². The lowest BCUT2D eigenvalue weighted by Crippen LogP contribution is -2.03. The molecule has 1 aromatic heterocycles. The van der Waals surface area contributed by atoms with E-state index in [0.29, 0.717) is 0 Å². The van der Waals surface area contributed by atoms with Gasteiger partial charge in [0.1, 0.15) is 5.82 Å². The third kappa shape index (κ3) is 5.81. The Morgan fingerprint density at radius 2 is 0.745 bits per heavy atom. The molecule has 0 saturated heterocycles. The van der Waals surface area contributed by atoms with Crippen molar-refractivity contribution in [1.82, 2.24) is 4.57 Å². The van der Waals surface area contributed by atoms with Crippen LogP contribution in [0.4, 0.5) is 4.39 Å². The van der Waals surface area contributed by atoms with Gasteiger partial charge in [0.2, 0.25) is 0 Å². The standard InChI is InChI=1S/C49H34FN/c50-43-30-27-37(28-31-43)36-17-23-40(24-18-36)49(39-21-15-35(16-22-39)34-9-3-1-4-10-34)41-25-19-38(20-26-41)42-29-32-48-46(33-42)45-13-7-8-14-47(45)51(48)44-11-5-2-6-12-44/h1-33,49H. The van der Waals surface area contributed by atoms with E-state index in [1.165, 1.54) is 72.9 Å². The first-order valence-electron chi connectivity index (χ1n) is 17.4. The SMILES string of the molecule is Fc1ccc(-c2ccc(C(c3ccc(-c4ccccc4)cc3)c3ccc(-c4ccc5c(c4)c4ccccc4n5-c4ccccc4)cc3)cc2)cc1. The van der Waals surface area contributed by atoms with Crippen LogP contribution in [0, 0.1) is 5.82 Å². The molecule has 1 heterocycles. The Morgan fingerprint density at radius 1 is 0.333 bits per heavy atom. The Balaban J connectivity index is 1.10. The zero-order chi connectivity index (χ0) is 34.1. The van der Waals surface area contributed by atoms with Gasteiger partial charge in [-0.05, 0) is 92.5 Å². The predicted octanol–water partition coefficient (Wildman–Crippen LogP) is 13.1. The van der Waals surface area contributed by atoms with E-state index in [0.717, 1.165) is 16.8 Å². The number of halogens is 1. The summed E-state index contributed by atoms with van der Waals surface area (Å²) in [5.74, 6) is -0.186. The van der Waals surface area contributed by atoms with Gasteiger partial charge in [0.25, 0.3) is 0 Å². The normalized spacial score (nSPS) is 11.9. The summed E-state index contributed by atoms with van der Waals surface area (Å²) in [5, 5.41) is 2.49. The minimum atomic E-state index is -0.225. The smallest absolute Gasteiger partial charge is 0.123 e. The molecule has 1 atom stereocenters. The average Bonchev–Trinajstić information content (AvgIpc) is 3.54. The van der Waals surface area contributed by atoms with Gasteiger partial charge in [-0.25, -0.2) is 4.39 Å². The molecule has 0 amide bonds. The summed E-state index contributed by atoms with van der Waals surface area (Å²) in [6.07, 6.45) is 0. The molecule has 0 aliphatic heterocycles. The molecule has 8 aromatic carbocycles. The lowest BCUT2D eigenvalue weighted by molar-refractivity contribution is 0.628. The second-order valence-corrected chi connectivity index (χ2v) is 13.1. The zero-order valence-corrected chi connectivity index (χ0v) is 28.0. The fraction of sp³-hybridized carbons (Fsp3) is 0.0204. The third-order valence-corrected chi connectivity index (χ3v) is 10.0. The Kier molecular flexibility index (Phi) is 7.83. The van der Waals surface area contributed by atoms with E-state index in [2.05, 4.69) is 174 Å². The molecule has 0 N–H and O–H groups in total. The number of nitrogens with zero attached hydrogens (tertiary/aromatic N) is 1. The van der Waals surface area contributed by atoms with Crippen molar-refractivity contribution in [2.45, 2.75) is 5.92 Å². The number of fused-ring (bicyclic) bond motifs is 3. The van der Waals surface area contributed by atoms with E-state index in [1.807, 2.05) is 18.2 Å². The largest absolute Gasteiger partial charge is 0.309 e. The molecule has 0 aliphatic rings. The summed E-state index contributed by atoms with van der Waals surface area (Å²) in [4.78, 5) is 0. The summed E-state index contributed by atoms with van der Waals surface area (Å²) in [6.45, 7) is 0. The molecule has 9 rings (SSSR count). The van der Waals surface area contributed by atoms with Crippen LogP contribution in [0.15, 0.2) is 200 Å². The third-order valence-electron chi connectivity index (χ3n) is 10.0. The Bertz CT molecular complexity index is 2580. The molecule has 0 fully saturated rings. The van der Waals surface area contributed by atoms with Crippen molar-refractivity contribution in [2.75, 3.05) is 0 Å². The maximum absolute atomic E-state index is 13.6. The van der Waals surface area contributed by atoms with Crippen LogP contribution >= 0.6 is 0 Å². The number of hydrogen-bond donors (Lipinski definition) is 0. The number of aromatic nitrogens is 1. The second kappa shape index (κ2) is 13.1. The van der Waals surface area contributed by atoms with Crippen molar-refractivity contribution in [1.29, 1.82) is 0 Å². The first-order valence-corrected chi connectivity index (χ1v) is 17.4. The summed E-state index contributed by atoms with van der Waals surface area (Å²) in [5.41, 5.74) is 14.1. The highest BCUT2D eigenvalue weighted by atomic mass is 19.1. The quantitative estimate of drug-likeness (QED) is 0.151. The maximum Gasteiger partial charge on any atom is 0.123 e. The van der Waals surface area contributed by atoms with Crippen LogP contribution in [0.2, 0.25) is 0 Å². The van der Waals surface area contributed by atoms with Crippen molar-refractivity contribution in [3.63, 3.8) is 0 Å². The van der Waals surface area contributed by atoms with Gasteiger partial charge in [-0.1, -0.05) is 158 Å². The summed E-state index contributed by atoms with van der Waals surface area (Å²) in [7, 11) is 0. The molecule has 51 heavy (non-hydrogen) atoms. The highest BCUT2D eigenvalue weighted by molar-refractivity contribution is 6.10. The van der Waals surface area contributed by atoms with Gasteiger partial charge >= 0.3 is 0 Å². The van der Waals surface area contributed by atoms with Crippen molar-refractivity contribution in [3.05, 3.63) is 223 Å². The van der Waals surface area contributed by atoms with Crippen LogP contribution in [0.25, 0.3) is 60.9 Å². The van der Waals surface area contributed by atoms with Crippen LogP contribution in [-0.4, -0.2) is 4.57 Å². The van der Waals surface area contributed by atoms with Gasteiger partial charge in [-0.15, -0.1) is 0 Å². The van der Waals surface area contributed by atoms with Gasteiger partial charge in [-0.3, -0.25) is 0 Å². The highest BCUT2D eigenvalue weighted by Gasteiger charge is 2.19. The molecule has 0 saturated carbocycles. The monoisotopic (exact) mass is 655 g/mol. The Hall–Kier alpha value is -6.51. The molecule has 9 aromatic rings. The number of benzene rings is 8. The summed E-state index contributed by atoms with van der Waals surface area (Å²) in [6, 6.07) is 70.0. The van der Waals surface area contributed by atoms with E-state index in [1.54, 1.807) is 0 Å². The zero-order valence-electron chi connectivity index (χ0n) is 28.0. The average molecular weight is 656 g/mol. The van der Waals surface area contributed by atoms with Crippen LogP contribution in [-0.2, 0) is 0 Å². The van der Waals surface area contributed by atoms with E-state index in [9.17, 15) is 4.39 Å². The predicted molar refractivity (Wildman–Crippen MR) is 211 cm³/mol. The van der Waals surface area contributed by atoms with Crippen LogP contribution in [0.1, 0.15) is 22.6 Å². The first-order chi connectivity index (χ1) is 25.2. The Labute approximate surface area is 297 Å². The van der Waals surface area contributed by atoms with Crippen molar-refractivity contribution < 1.29 is 4.39 Å². The molecule has 1 nitrogen and oxygen atoms in total. The molecule has 2 heteroatoms. The summed E-state index contributed by atoms with van der Waals surface area (Å²) < 4.78 is 16.0. The molecule has 242 valence electrons. The van der Waals surface area contributed by atoms with Gasteiger partial charge in [-0.2, -0.15) is 0 Å². The molecule has 1 unspecified atom stereocenters. The summed E-state index contributed by atoms with van der Waals surface area (Å²) >= 11 is 0. The number of hydrogen-bond acceptors (Lipinski definition) is 0. The minimum absolute atomic E-state index is 0.0393. The molecule has 0 bridgehead atoms. The molecular weight excluding hydrogens is 622 g/mol. The van der Waals surface area contributed by atoms with Crippen molar-refractivity contribution in [2.24, 2.45) is 0 Å². The van der Waals surface area contributed by atoms with E-state index in [-0.39, 0.29) is 11.7 Å². The van der Waals surface area contributed by atoms with Crippen molar-refractivity contribution in [3.8, 4) is 39.1 Å². The van der Waals surface area contributed by atoms with Crippen LogP contribution < -0.4 is 0 Å². The van der Waals surface area contributed by atoms with Gasteiger partial charge in [0.05, 0.1) is 11.0 Å². The fourth-order valence-electron chi connectivity index (χ4n) is 7.46. The fourth-order valence-corrected chi connectivity index (χ4v) is 7.46. The topological polar surface area (TPSA) is 4.93 Å². The van der Waals surface area contributed by atoms with Gasteiger partial charge < -0.3 is 4.57 Å². The Morgan fingerprint density at radius 3 is 1.31 bits per heavy atom. The molecule has 0 aliphatic carbocycles. The second-order valence-electron chi connectivity index (χ2n) is 13.1. The van der Waals surface area contributed by atoms with E-state index >= 15 is 0 Å². The minimum Gasteiger partial charge on any atom is -0.309 e. The van der Waals surface area contributed by atoms with Crippen LogP contribution in [0.3, 0.4) is 0 Å². The van der Waals surface area contributed by atoms with Gasteiger partial charge in [0.15, 0.2) is 0 Å². The lowest BCUT2D eigenvalue weighted by atomic mass is 9.83. The highest BCUT2D eigenvalue weighted by Crippen LogP contribution is 2.38. The van der Waals surface area contributed by atoms with Gasteiger partial charge in [0, 0.05) is 22.4 Å². The molecule has 0 spiro atoms. The van der Waals surface area contributed by atoms with E-state index in [4.69, 9.17) is 0 Å².